The molecule has 1 aliphatic rings. The van der Waals surface area contributed by atoms with Crippen LogP contribution in [0.3, 0.4) is 0 Å². The molecule has 116 valence electrons. The lowest BCUT2D eigenvalue weighted by Crippen LogP contribution is -2.38. The van der Waals surface area contributed by atoms with E-state index in [9.17, 15) is 9.90 Å². The fourth-order valence-electron chi connectivity index (χ4n) is 2.74. The molecule has 5 heteroatoms. The predicted molar refractivity (Wildman–Crippen MR) is 84.9 cm³/mol. The van der Waals surface area contributed by atoms with Gasteiger partial charge in [0.25, 0.3) is 0 Å². The van der Waals surface area contributed by atoms with Gasteiger partial charge in [-0.15, -0.1) is 0 Å². The summed E-state index contributed by atoms with van der Waals surface area (Å²) >= 11 is 0. The van der Waals surface area contributed by atoms with Gasteiger partial charge in [-0.2, -0.15) is 0 Å². The second kappa shape index (κ2) is 7.43. The lowest BCUT2D eigenvalue weighted by molar-refractivity contribution is -0.116. The zero-order valence-electron chi connectivity index (χ0n) is 12.6. The van der Waals surface area contributed by atoms with Gasteiger partial charge in [-0.3, -0.25) is 4.79 Å². The lowest BCUT2D eigenvalue weighted by Gasteiger charge is -2.33. The van der Waals surface area contributed by atoms with Crippen molar-refractivity contribution in [3.63, 3.8) is 0 Å². The Bertz CT molecular complexity index is 468. The van der Waals surface area contributed by atoms with Gasteiger partial charge in [0.2, 0.25) is 5.91 Å². The van der Waals surface area contributed by atoms with Crippen molar-refractivity contribution in [3.05, 3.63) is 24.3 Å². The summed E-state index contributed by atoms with van der Waals surface area (Å²) in [7, 11) is 0. The van der Waals surface area contributed by atoms with Crippen molar-refractivity contribution in [1.29, 1.82) is 0 Å². The van der Waals surface area contributed by atoms with Gasteiger partial charge in [0.05, 0.1) is 17.5 Å². The number of benzene rings is 1. The minimum Gasteiger partial charge on any atom is -0.397 e. The van der Waals surface area contributed by atoms with E-state index in [1.54, 1.807) is 12.1 Å². The molecular weight excluding hydrogens is 266 g/mol. The first kappa shape index (κ1) is 15.8. The minimum absolute atomic E-state index is 0.00875. The van der Waals surface area contributed by atoms with E-state index >= 15 is 0 Å². The number of anilines is 2. The van der Waals surface area contributed by atoms with Gasteiger partial charge >= 0.3 is 0 Å². The lowest BCUT2D eigenvalue weighted by atomic mass is 9.92. The number of nitrogens with zero attached hydrogens (tertiary/aromatic N) is 1. The third-order valence-electron chi connectivity index (χ3n) is 4.20. The van der Waals surface area contributed by atoms with Crippen molar-refractivity contribution in [2.75, 3.05) is 30.7 Å². The minimum atomic E-state index is -0.225. The van der Waals surface area contributed by atoms with E-state index in [1.807, 2.05) is 19.1 Å². The average molecular weight is 291 g/mol. The molecule has 0 aromatic heterocycles. The number of para-hydroxylation sites is 2. The normalized spacial score (nSPS) is 18.4. The molecule has 0 bridgehead atoms. The van der Waals surface area contributed by atoms with Crippen molar-refractivity contribution in [1.82, 2.24) is 4.90 Å². The Hall–Kier alpha value is -1.59. The number of piperidine rings is 1. The number of carbonyl (C=O) groups is 1. The Morgan fingerprint density at radius 2 is 2.10 bits per heavy atom. The van der Waals surface area contributed by atoms with Crippen LogP contribution in [-0.2, 0) is 4.79 Å². The molecule has 0 aliphatic carbocycles. The maximum atomic E-state index is 11.9. The van der Waals surface area contributed by atoms with Crippen LogP contribution >= 0.6 is 0 Å². The molecule has 1 atom stereocenters. The second-order valence-electron chi connectivity index (χ2n) is 5.81. The zero-order chi connectivity index (χ0) is 15.2. The van der Waals surface area contributed by atoms with Gasteiger partial charge in [0, 0.05) is 13.0 Å². The molecule has 1 amide bonds. The van der Waals surface area contributed by atoms with E-state index in [-0.39, 0.29) is 12.0 Å². The topological polar surface area (TPSA) is 78.6 Å². The van der Waals surface area contributed by atoms with Gasteiger partial charge in [-0.1, -0.05) is 12.1 Å². The largest absolute Gasteiger partial charge is 0.397 e. The maximum Gasteiger partial charge on any atom is 0.225 e. The van der Waals surface area contributed by atoms with E-state index in [2.05, 4.69) is 10.2 Å². The Morgan fingerprint density at radius 1 is 1.43 bits per heavy atom. The summed E-state index contributed by atoms with van der Waals surface area (Å²) < 4.78 is 0. The Labute approximate surface area is 126 Å². The zero-order valence-corrected chi connectivity index (χ0v) is 12.6. The monoisotopic (exact) mass is 291 g/mol. The number of amides is 1. The molecule has 0 saturated carbocycles. The number of nitrogens with one attached hydrogen (secondary N) is 1. The standard InChI is InChI=1S/C16H25N3O2/c1-12(20)13-6-9-19(10-7-13)11-8-16(21)18-15-5-3-2-4-14(15)17/h2-5,12-13,20H,6-11,17H2,1H3,(H,18,21). The first-order valence-corrected chi connectivity index (χ1v) is 7.61. The van der Waals surface area contributed by atoms with Gasteiger partial charge in [-0.25, -0.2) is 0 Å². The van der Waals surface area contributed by atoms with Crippen molar-refractivity contribution in [2.24, 2.45) is 5.92 Å². The maximum absolute atomic E-state index is 11.9. The predicted octanol–water partition coefficient (Wildman–Crippen LogP) is 1.69. The SMILES string of the molecule is CC(O)C1CCN(CCC(=O)Nc2ccccc2N)CC1. The number of nitrogen functional groups attached to an aromatic ring is 1. The molecule has 1 saturated heterocycles. The molecule has 0 radical (unpaired) electrons. The first-order chi connectivity index (χ1) is 10.1. The molecule has 1 unspecified atom stereocenters. The summed E-state index contributed by atoms with van der Waals surface area (Å²) in [6.45, 7) is 4.52. The third kappa shape index (κ3) is 4.72. The van der Waals surface area contributed by atoms with Crippen LogP contribution in [0.15, 0.2) is 24.3 Å². The third-order valence-corrected chi connectivity index (χ3v) is 4.20. The molecule has 1 aliphatic heterocycles. The highest BCUT2D eigenvalue weighted by atomic mass is 16.3. The fraction of sp³-hybridized carbons (Fsp3) is 0.562. The number of hydrogen-bond acceptors (Lipinski definition) is 4. The number of carbonyl (C=O) groups excluding carboxylic acids is 1. The van der Waals surface area contributed by atoms with E-state index in [0.717, 1.165) is 32.5 Å². The highest BCUT2D eigenvalue weighted by Gasteiger charge is 2.22. The van der Waals surface area contributed by atoms with Gasteiger partial charge in [-0.05, 0) is 50.9 Å². The molecule has 1 fully saturated rings. The molecule has 1 aromatic carbocycles. The quantitative estimate of drug-likeness (QED) is 0.721. The number of hydrogen-bond donors (Lipinski definition) is 3. The van der Waals surface area contributed by atoms with Gasteiger partial charge in [0.15, 0.2) is 0 Å². The molecule has 0 spiro atoms. The van der Waals surface area contributed by atoms with E-state index in [1.165, 1.54) is 0 Å². The van der Waals surface area contributed by atoms with Crippen LogP contribution in [-0.4, -0.2) is 41.7 Å². The van der Waals surface area contributed by atoms with Crippen molar-refractivity contribution in [2.45, 2.75) is 32.3 Å². The molecular formula is C16H25N3O2. The fourth-order valence-corrected chi connectivity index (χ4v) is 2.74. The summed E-state index contributed by atoms with van der Waals surface area (Å²) in [5.74, 6) is 0.393. The van der Waals surface area contributed by atoms with Crippen LogP contribution in [0.2, 0.25) is 0 Å². The number of aliphatic hydroxyl groups excluding tert-OH is 1. The number of rotatable bonds is 5. The average Bonchev–Trinajstić information content (AvgIpc) is 2.48. The van der Waals surface area contributed by atoms with Crippen LogP contribution in [0.5, 0.6) is 0 Å². The molecule has 5 nitrogen and oxygen atoms in total. The number of nitrogens with two attached hydrogens (primary N) is 1. The van der Waals surface area contributed by atoms with Crippen LogP contribution in [0.25, 0.3) is 0 Å². The summed E-state index contributed by atoms with van der Waals surface area (Å²) in [5, 5.41) is 12.4. The van der Waals surface area contributed by atoms with E-state index < -0.39 is 0 Å². The van der Waals surface area contributed by atoms with Crippen molar-refractivity contribution >= 4 is 17.3 Å². The Morgan fingerprint density at radius 3 is 2.71 bits per heavy atom. The Kier molecular flexibility index (Phi) is 5.59. The van der Waals surface area contributed by atoms with Crippen LogP contribution in [0, 0.1) is 5.92 Å². The van der Waals surface area contributed by atoms with Gasteiger partial charge in [0.1, 0.15) is 0 Å². The Balaban J connectivity index is 1.72. The van der Waals surface area contributed by atoms with Crippen molar-refractivity contribution in [3.8, 4) is 0 Å². The van der Waals surface area contributed by atoms with Crippen molar-refractivity contribution < 1.29 is 9.90 Å². The smallest absolute Gasteiger partial charge is 0.225 e. The number of aliphatic hydroxyl groups is 1. The molecule has 1 heterocycles. The molecule has 1 aromatic rings. The van der Waals surface area contributed by atoms with Crippen LogP contribution in [0.4, 0.5) is 11.4 Å². The summed E-state index contributed by atoms with van der Waals surface area (Å²) in [5.41, 5.74) is 7.07. The van der Waals surface area contributed by atoms with Gasteiger partial charge < -0.3 is 21.1 Å². The molecule has 2 rings (SSSR count). The molecule has 4 N–H and O–H groups in total. The summed E-state index contributed by atoms with van der Waals surface area (Å²) in [4.78, 5) is 14.2. The van der Waals surface area contributed by atoms with Crippen LogP contribution in [0.1, 0.15) is 26.2 Å². The van der Waals surface area contributed by atoms with E-state index in [0.29, 0.717) is 23.7 Å². The second-order valence-corrected chi connectivity index (χ2v) is 5.81. The van der Waals surface area contributed by atoms with E-state index in [4.69, 9.17) is 5.73 Å². The first-order valence-electron chi connectivity index (χ1n) is 7.61. The number of likely N-dealkylation sites (tertiary alicyclic amines) is 1. The summed E-state index contributed by atoms with van der Waals surface area (Å²) in [6.07, 6.45) is 2.25. The highest BCUT2D eigenvalue weighted by molar-refractivity contribution is 5.93. The van der Waals surface area contributed by atoms with Crippen LogP contribution < -0.4 is 11.1 Å². The molecule has 21 heavy (non-hydrogen) atoms. The highest BCUT2D eigenvalue weighted by Crippen LogP contribution is 2.21. The summed E-state index contributed by atoms with van der Waals surface area (Å²) in [6, 6.07) is 7.28.